The largest absolute Gasteiger partial charge is 0.508 e. The van der Waals surface area contributed by atoms with Crippen molar-refractivity contribution in [2.75, 3.05) is 60.6 Å². The first-order valence-electron chi connectivity index (χ1n) is 14.5. The van der Waals surface area contributed by atoms with Crippen molar-refractivity contribution in [1.82, 2.24) is 9.80 Å². The molecule has 0 aromatic carbocycles. The quantitative estimate of drug-likeness (QED) is 0.0741. The normalized spacial score (nSPS) is 11.7. The molecule has 0 radical (unpaired) electrons. The zero-order valence-electron chi connectivity index (χ0n) is 24.4. The van der Waals surface area contributed by atoms with E-state index in [1.54, 1.807) is 0 Å². The molecule has 0 N–H and O–H groups in total. The van der Waals surface area contributed by atoms with E-state index in [1.165, 1.54) is 38.5 Å². The van der Waals surface area contributed by atoms with Crippen LogP contribution in [-0.2, 0) is 19.0 Å². The van der Waals surface area contributed by atoms with Crippen molar-refractivity contribution >= 4 is 12.1 Å². The number of unbranched alkanes of at least 4 members (excludes halogenated alkanes) is 8. The Morgan fingerprint density at radius 3 is 1.89 bits per heavy atom. The summed E-state index contributed by atoms with van der Waals surface area (Å²) in [6, 6.07) is 0. The van der Waals surface area contributed by atoms with Gasteiger partial charge in [-0.25, -0.2) is 4.79 Å². The molecule has 0 aromatic heterocycles. The second-order valence-corrected chi connectivity index (χ2v) is 9.96. The zero-order chi connectivity index (χ0) is 27.4. The predicted molar refractivity (Wildman–Crippen MR) is 153 cm³/mol. The summed E-state index contributed by atoms with van der Waals surface area (Å²) in [6.45, 7) is 5.88. The predicted octanol–water partition coefficient (Wildman–Crippen LogP) is 6.77. The lowest BCUT2D eigenvalue weighted by molar-refractivity contribution is -0.144. The second kappa shape index (κ2) is 27.2. The van der Waals surface area contributed by atoms with Crippen LogP contribution in [0.15, 0.2) is 24.3 Å². The van der Waals surface area contributed by atoms with Crippen molar-refractivity contribution in [3.8, 4) is 0 Å². The number of likely N-dealkylation sites (N-methyl/N-ethyl adjacent to an activating group) is 2. The summed E-state index contributed by atoms with van der Waals surface area (Å²) in [5, 5.41) is 0. The fourth-order valence-corrected chi connectivity index (χ4v) is 3.57. The Kier molecular flexibility index (Phi) is 25.8. The number of carbonyl (C=O) groups excluding carboxylic acids is 2. The van der Waals surface area contributed by atoms with Crippen molar-refractivity contribution in [2.24, 2.45) is 0 Å². The van der Waals surface area contributed by atoms with E-state index >= 15 is 0 Å². The fraction of sp³-hybridized carbons (Fsp3) is 0.800. The Morgan fingerprint density at radius 2 is 1.22 bits per heavy atom. The van der Waals surface area contributed by atoms with Crippen LogP contribution in [0.2, 0.25) is 0 Å². The van der Waals surface area contributed by atoms with E-state index in [-0.39, 0.29) is 19.2 Å². The van der Waals surface area contributed by atoms with Crippen molar-refractivity contribution in [2.45, 2.75) is 96.8 Å². The standard InChI is InChI=1S/C30H56N2O5/c1-5-6-7-8-9-10-11-12-13-14-15-16-17-18-19-22-29(33)35-27-21-28-37-30(34)36-26-20-23-32(4)25-24-31(2)3/h9-10,12-13H,5-8,11,14-28H2,1-4H3/b10-9-,13-12-. The number of nitrogens with zero attached hydrogens (tertiary/aromatic N) is 2. The summed E-state index contributed by atoms with van der Waals surface area (Å²) < 4.78 is 15.3. The lowest BCUT2D eigenvalue weighted by atomic mass is 10.1. The summed E-state index contributed by atoms with van der Waals surface area (Å²) in [7, 11) is 6.15. The molecule has 7 nitrogen and oxygen atoms in total. The van der Waals surface area contributed by atoms with E-state index in [4.69, 9.17) is 14.2 Å². The summed E-state index contributed by atoms with van der Waals surface area (Å²) in [5.74, 6) is -0.174. The Morgan fingerprint density at radius 1 is 0.622 bits per heavy atom. The molecule has 0 saturated carbocycles. The van der Waals surface area contributed by atoms with Gasteiger partial charge < -0.3 is 24.0 Å². The maximum absolute atomic E-state index is 11.8. The Labute approximate surface area is 227 Å². The van der Waals surface area contributed by atoms with Gasteiger partial charge in [-0.05, 0) is 66.1 Å². The van der Waals surface area contributed by atoms with Crippen LogP contribution in [0, 0.1) is 0 Å². The van der Waals surface area contributed by atoms with Gasteiger partial charge in [0.15, 0.2) is 0 Å². The molecule has 0 unspecified atom stereocenters. The summed E-state index contributed by atoms with van der Waals surface area (Å²) in [5.41, 5.74) is 0. The van der Waals surface area contributed by atoms with Gasteiger partial charge in [-0.1, -0.05) is 63.3 Å². The van der Waals surface area contributed by atoms with Gasteiger partial charge in [0.25, 0.3) is 0 Å². The highest BCUT2D eigenvalue weighted by atomic mass is 16.7. The minimum Gasteiger partial charge on any atom is -0.466 e. The van der Waals surface area contributed by atoms with Crippen molar-refractivity contribution in [1.29, 1.82) is 0 Å². The summed E-state index contributed by atoms with van der Waals surface area (Å²) in [4.78, 5) is 27.7. The number of ether oxygens (including phenoxy) is 3. The molecular weight excluding hydrogens is 468 g/mol. The smallest absolute Gasteiger partial charge is 0.466 e. The van der Waals surface area contributed by atoms with Crippen LogP contribution in [0.4, 0.5) is 4.79 Å². The van der Waals surface area contributed by atoms with E-state index in [2.05, 4.69) is 48.1 Å². The molecule has 37 heavy (non-hydrogen) atoms. The average molecular weight is 525 g/mol. The molecule has 0 aliphatic rings. The highest BCUT2D eigenvalue weighted by Gasteiger charge is 2.06. The average Bonchev–Trinajstić information content (AvgIpc) is 2.87. The van der Waals surface area contributed by atoms with E-state index in [1.807, 2.05) is 14.1 Å². The van der Waals surface area contributed by atoms with Crippen LogP contribution >= 0.6 is 0 Å². The number of hydrogen-bond donors (Lipinski definition) is 0. The molecule has 0 fully saturated rings. The van der Waals surface area contributed by atoms with Crippen LogP contribution in [0.5, 0.6) is 0 Å². The molecule has 0 rings (SSSR count). The van der Waals surface area contributed by atoms with E-state index in [0.717, 1.165) is 58.2 Å². The first kappa shape index (κ1) is 35.1. The van der Waals surface area contributed by atoms with Crippen LogP contribution < -0.4 is 0 Å². The van der Waals surface area contributed by atoms with Crippen LogP contribution in [0.3, 0.4) is 0 Å². The fourth-order valence-electron chi connectivity index (χ4n) is 3.57. The van der Waals surface area contributed by atoms with Gasteiger partial charge in [-0.2, -0.15) is 0 Å². The number of carbonyl (C=O) groups is 2. The Bertz CT molecular complexity index is 593. The molecule has 0 saturated heterocycles. The molecule has 0 aromatic rings. The topological polar surface area (TPSA) is 68.3 Å². The van der Waals surface area contributed by atoms with Crippen LogP contribution in [0.25, 0.3) is 0 Å². The molecule has 0 aliphatic heterocycles. The van der Waals surface area contributed by atoms with E-state index in [0.29, 0.717) is 19.4 Å². The lowest BCUT2D eigenvalue weighted by Gasteiger charge is -2.18. The lowest BCUT2D eigenvalue weighted by Crippen LogP contribution is -2.30. The third-order valence-electron chi connectivity index (χ3n) is 5.94. The highest BCUT2D eigenvalue weighted by molar-refractivity contribution is 5.69. The van der Waals surface area contributed by atoms with Gasteiger partial charge in [0.05, 0.1) is 19.8 Å². The van der Waals surface area contributed by atoms with Gasteiger partial charge in [0.2, 0.25) is 0 Å². The van der Waals surface area contributed by atoms with Gasteiger partial charge in [-0.15, -0.1) is 0 Å². The maximum atomic E-state index is 11.8. The molecule has 0 amide bonds. The van der Waals surface area contributed by atoms with Gasteiger partial charge in [-0.3, -0.25) is 4.79 Å². The Balaban J connectivity index is 3.42. The molecule has 0 heterocycles. The molecule has 7 heteroatoms. The first-order chi connectivity index (χ1) is 18.0. The molecular formula is C30H56N2O5. The third-order valence-corrected chi connectivity index (χ3v) is 5.94. The third kappa shape index (κ3) is 28.6. The van der Waals surface area contributed by atoms with Crippen LogP contribution in [-0.4, -0.2) is 82.5 Å². The molecule has 0 spiro atoms. The van der Waals surface area contributed by atoms with E-state index < -0.39 is 6.16 Å². The molecule has 0 aliphatic carbocycles. The first-order valence-corrected chi connectivity index (χ1v) is 14.5. The van der Waals surface area contributed by atoms with Gasteiger partial charge in [0, 0.05) is 32.5 Å². The molecule has 0 bridgehead atoms. The number of allylic oxidation sites excluding steroid dienone is 4. The van der Waals surface area contributed by atoms with Gasteiger partial charge in [0.1, 0.15) is 0 Å². The monoisotopic (exact) mass is 524 g/mol. The Hall–Kier alpha value is -1.86. The number of esters is 1. The minimum atomic E-state index is -0.660. The van der Waals surface area contributed by atoms with Gasteiger partial charge >= 0.3 is 12.1 Å². The van der Waals surface area contributed by atoms with Crippen LogP contribution in [0.1, 0.15) is 96.8 Å². The summed E-state index contributed by atoms with van der Waals surface area (Å²) >= 11 is 0. The molecule has 0 atom stereocenters. The molecule has 216 valence electrons. The van der Waals surface area contributed by atoms with Crippen molar-refractivity contribution < 1.29 is 23.8 Å². The zero-order valence-corrected chi connectivity index (χ0v) is 24.4. The number of rotatable bonds is 25. The van der Waals surface area contributed by atoms with Crippen molar-refractivity contribution in [3.63, 3.8) is 0 Å². The highest BCUT2D eigenvalue weighted by Crippen LogP contribution is 2.09. The summed E-state index contributed by atoms with van der Waals surface area (Å²) in [6.07, 6.45) is 22.9. The maximum Gasteiger partial charge on any atom is 0.508 e. The second-order valence-electron chi connectivity index (χ2n) is 9.96. The number of hydrogen-bond acceptors (Lipinski definition) is 7. The van der Waals surface area contributed by atoms with Crippen molar-refractivity contribution in [3.05, 3.63) is 24.3 Å². The SMILES string of the molecule is CCCCC/C=C\C/C=C\CCCCCCCC(=O)OCCCOC(=O)OCCCN(C)CCN(C)C. The van der Waals surface area contributed by atoms with E-state index in [9.17, 15) is 9.59 Å². The minimum absolute atomic E-state index is 0.174.